The Morgan fingerprint density at radius 1 is 1.03 bits per heavy atom. The molecule has 2 N–H and O–H groups in total. The molecule has 1 aromatic carbocycles. The molecule has 1 aliphatic rings. The van der Waals surface area contributed by atoms with Gasteiger partial charge in [-0.3, -0.25) is 9.78 Å². The Labute approximate surface area is 182 Å². The third-order valence-corrected chi connectivity index (χ3v) is 5.17. The third-order valence-electron chi connectivity index (χ3n) is 5.17. The highest BCUT2D eigenvalue weighted by atomic mass is 16.1. The Balaban J connectivity index is 1.60. The van der Waals surface area contributed by atoms with E-state index in [2.05, 4.69) is 54.6 Å². The number of rotatable bonds is 0. The van der Waals surface area contributed by atoms with Gasteiger partial charge in [0.25, 0.3) is 0 Å². The van der Waals surface area contributed by atoms with Crippen molar-refractivity contribution in [2.24, 2.45) is 0 Å². The zero-order valence-corrected chi connectivity index (χ0v) is 17.7. The standard InChI is InChI=1S/C23H27N7O/c1-30-10-4-8-21(31)25-9-3-6-17-11-19(14-24-13-17)22-26-16-27-23(29-22)28-20-7-2-5-18(12-20)15-30/h2,5,7,11-14,16H,3-4,6,8-10,15H2,1H3,(H,25,31)(H,26,27,28,29). The molecule has 6 bridgehead atoms. The van der Waals surface area contributed by atoms with Crippen LogP contribution in [0.4, 0.5) is 11.6 Å². The summed E-state index contributed by atoms with van der Waals surface area (Å²) in [5, 5.41) is 6.30. The zero-order valence-electron chi connectivity index (χ0n) is 17.7. The molecular formula is C23H27N7O. The van der Waals surface area contributed by atoms with E-state index in [1.54, 1.807) is 6.20 Å². The van der Waals surface area contributed by atoms with Gasteiger partial charge in [0.05, 0.1) is 0 Å². The number of anilines is 2. The summed E-state index contributed by atoms with van der Waals surface area (Å²) < 4.78 is 0. The minimum absolute atomic E-state index is 0.110. The summed E-state index contributed by atoms with van der Waals surface area (Å²) in [5.74, 6) is 1.18. The van der Waals surface area contributed by atoms with Crippen molar-refractivity contribution in [1.29, 1.82) is 0 Å². The lowest BCUT2D eigenvalue weighted by atomic mass is 10.1. The van der Waals surface area contributed by atoms with Crippen molar-refractivity contribution in [1.82, 2.24) is 30.2 Å². The van der Waals surface area contributed by atoms with Crippen LogP contribution in [0.3, 0.4) is 0 Å². The number of carbonyl (C=O) groups excluding carboxylic acids is 1. The smallest absolute Gasteiger partial charge is 0.230 e. The Morgan fingerprint density at radius 2 is 1.97 bits per heavy atom. The van der Waals surface area contributed by atoms with Crippen molar-refractivity contribution >= 4 is 17.5 Å². The maximum absolute atomic E-state index is 12.1. The number of nitrogens with one attached hydrogen (secondary N) is 2. The van der Waals surface area contributed by atoms with Crippen LogP contribution in [0.25, 0.3) is 11.4 Å². The maximum Gasteiger partial charge on any atom is 0.230 e. The molecule has 8 nitrogen and oxygen atoms in total. The second-order valence-corrected chi connectivity index (χ2v) is 7.83. The van der Waals surface area contributed by atoms with Crippen LogP contribution in [0.15, 0.2) is 49.1 Å². The molecule has 1 aliphatic heterocycles. The minimum atomic E-state index is 0.110. The number of aryl methyl sites for hydroxylation is 1. The van der Waals surface area contributed by atoms with Gasteiger partial charge in [-0.1, -0.05) is 12.1 Å². The number of carbonyl (C=O) groups is 1. The molecule has 31 heavy (non-hydrogen) atoms. The lowest BCUT2D eigenvalue weighted by Gasteiger charge is -2.17. The molecule has 1 amide bonds. The number of nitrogens with zero attached hydrogens (tertiary/aromatic N) is 5. The summed E-state index contributed by atoms with van der Waals surface area (Å²) in [4.78, 5) is 31.9. The predicted octanol–water partition coefficient (Wildman–Crippen LogP) is 2.95. The van der Waals surface area contributed by atoms with E-state index in [9.17, 15) is 4.79 Å². The lowest BCUT2D eigenvalue weighted by molar-refractivity contribution is -0.121. The Hall–Kier alpha value is -3.39. The second-order valence-electron chi connectivity index (χ2n) is 7.83. The molecule has 0 unspecified atom stereocenters. The van der Waals surface area contributed by atoms with Crippen LogP contribution < -0.4 is 10.6 Å². The van der Waals surface area contributed by atoms with Crippen molar-refractivity contribution in [3.8, 4) is 11.4 Å². The number of fused-ring (bicyclic) bond motifs is 7. The van der Waals surface area contributed by atoms with Gasteiger partial charge < -0.3 is 15.5 Å². The van der Waals surface area contributed by atoms with Crippen LogP contribution in [-0.4, -0.2) is 50.9 Å². The Bertz CT molecular complexity index is 1040. The van der Waals surface area contributed by atoms with E-state index < -0.39 is 0 Å². The van der Waals surface area contributed by atoms with Gasteiger partial charge in [0.1, 0.15) is 6.33 Å². The minimum Gasteiger partial charge on any atom is -0.356 e. The van der Waals surface area contributed by atoms with Crippen LogP contribution >= 0.6 is 0 Å². The van der Waals surface area contributed by atoms with Gasteiger partial charge in [0, 0.05) is 43.2 Å². The summed E-state index contributed by atoms with van der Waals surface area (Å²) >= 11 is 0. The first-order chi connectivity index (χ1) is 15.2. The van der Waals surface area contributed by atoms with Gasteiger partial charge in [-0.15, -0.1) is 0 Å². The van der Waals surface area contributed by atoms with Crippen molar-refractivity contribution in [2.75, 3.05) is 25.5 Å². The van der Waals surface area contributed by atoms with Crippen molar-refractivity contribution in [2.45, 2.75) is 32.2 Å². The number of amides is 1. The SMILES string of the molecule is CN1CCCC(=O)NCCCc2cncc(c2)-c2ncnc(n2)Nc2cccc(c2)C1. The maximum atomic E-state index is 12.1. The second kappa shape index (κ2) is 10.1. The molecule has 0 atom stereocenters. The Morgan fingerprint density at radius 3 is 2.90 bits per heavy atom. The molecule has 0 radical (unpaired) electrons. The summed E-state index contributed by atoms with van der Waals surface area (Å²) in [6, 6.07) is 10.2. The van der Waals surface area contributed by atoms with Crippen LogP contribution in [0.2, 0.25) is 0 Å². The highest BCUT2D eigenvalue weighted by molar-refractivity contribution is 5.75. The van der Waals surface area contributed by atoms with Gasteiger partial charge in [0.15, 0.2) is 5.82 Å². The lowest BCUT2D eigenvalue weighted by Crippen LogP contribution is -2.26. The fourth-order valence-electron chi connectivity index (χ4n) is 3.63. The molecule has 0 saturated heterocycles. The first-order valence-corrected chi connectivity index (χ1v) is 10.6. The predicted molar refractivity (Wildman–Crippen MR) is 120 cm³/mol. The largest absolute Gasteiger partial charge is 0.356 e. The zero-order chi connectivity index (χ0) is 21.5. The van der Waals surface area contributed by atoms with Crippen molar-refractivity contribution in [3.05, 3.63) is 60.2 Å². The number of pyridine rings is 1. The van der Waals surface area contributed by atoms with Gasteiger partial charge in [-0.2, -0.15) is 4.98 Å². The van der Waals surface area contributed by atoms with E-state index in [1.165, 1.54) is 11.9 Å². The molecule has 0 saturated carbocycles. The van der Waals surface area contributed by atoms with E-state index in [-0.39, 0.29) is 5.91 Å². The van der Waals surface area contributed by atoms with E-state index in [4.69, 9.17) is 0 Å². The monoisotopic (exact) mass is 417 g/mol. The molecule has 160 valence electrons. The van der Waals surface area contributed by atoms with E-state index in [0.29, 0.717) is 24.7 Å². The summed E-state index contributed by atoms with van der Waals surface area (Å²) in [7, 11) is 2.07. The first-order valence-electron chi connectivity index (χ1n) is 10.6. The third kappa shape index (κ3) is 6.05. The Kier molecular flexibility index (Phi) is 6.78. The van der Waals surface area contributed by atoms with E-state index in [0.717, 1.165) is 49.2 Å². The molecular weight excluding hydrogens is 390 g/mol. The van der Waals surface area contributed by atoms with Crippen LogP contribution in [0.1, 0.15) is 30.4 Å². The number of aromatic nitrogens is 4. The number of hydrogen-bond donors (Lipinski definition) is 2. The molecule has 0 fully saturated rings. The topological polar surface area (TPSA) is 95.9 Å². The van der Waals surface area contributed by atoms with Gasteiger partial charge in [-0.05, 0) is 62.2 Å². The average Bonchev–Trinajstić information content (AvgIpc) is 2.77. The molecule has 3 heterocycles. The molecule has 0 spiro atoms. The van der Waals surface area contributed by atoms with Crippen LogP contribution in [-0.2, 0) is 17.8 Å². The number of benzene rings is 1. The molecule has 8 heteroatoms. The highest BCUT2D eigenvalue weighted by Gasteiger charge is 2.09. The van der Waals surface area contributed by atoms with Crippen molar-refractivity contribution in [3.63, 3.8) is 0 Å². The van der Waals surface area contributed by atoms with Gasteiger partial charge in [-0.25, -0.2) is 9.97 Å². The van der Waals surface area contributed by atoms with E-state index in [1.807, 2.05) is 24.4 Å². The molecule has 0 aliphatic carbocycles. The van der Waals surface area contributed by atoms with Crippen molar-refractivity contribution < 1.29 is 4.79 Å². The summed E-state index contributed by atoms with van der Waals surface area (Å²) in [6.45, 7) is 2.32. The summed E-state index contributed by atoms with van der Waals surface area (Å²) in [5.41, 5.74) is 4.03. The normalized spacial score (nSPS) is 16.1. The van der Waals surface area contributed by atoms with Crippen LogP contribution in [0.5, 0.6) is 0 Å². The fraction of sp³-hybridized carbons (Fsp3) is 0.348. The molecule has 2 aromatic heterocycles. The quantitative estimate of drug-likeness (QED) is 0.580. The fourth-order valence-corrected chi connectivity index (χ4v) is 3.63. The molecule has 4 rings (SSSR count). The molecule has 3 aromatic rings. The first kappa shape index (κ1) is 20.9. The number of hydrogen-bond acceptors (Lipinski definition) is 7. The van der Waals surface area contributed by atoms with Crippen LogP contribution in [0, 0.1) is 0 Å². The average molecular weight is 418 g/mol. The summed E-state index contributed by atoms with van der Waals surface area (Å²) in [6.07, 6.45) is 8.17. The van der Waals surface area contributed by atoms with Gasteiger partial charge >= 0.3 is 0 Å². The van der Waals surface area contributed by atoms with E-state index >= 15 is 0 Å². The highest BCUT2D eigenvalue weighted by Crippen LogP contribution is 2.19. The van der Waals surface area contributed by atoms with Gasteiger partial charge in [0.2, 0.25) is 11.9 Å².